The van der Waals surface area contributed by atoms with E-state index in [4.69, 9.17) is 4.52 Å². The fourth-order valence-corrected chi connectivity index (χ4v) is 4.71. The smallest absolute Gasteiger partial charge is 0.223 e. The molecule has 5 heteroatoms. The van der Waals surface area contributed by atoms with Gasteiger partial charge in [-0.25, -0.2) is 0 Å². The standard InChI is InChI=1S/C23H31N3O2/c1-16-4-6-19(7-5-16)9-11-23(27)26-13-20-8-10-21(26)14-25(12-20)15-22-17(2)24-28-18(22)3/h4-7,20-21H,8-15H2,1-3H3/t20-,21+/m0/s1. The van der Waals surface area contributed by atoms with Crippen molar-refractivity contribution in [1.29, 1.82) is 0 Å². The summed E-state index contributed by atoms with van der Waals surface area (Å²) in [6.45, 7) is 9.90. The van der Waals surface area contributed by atoms with Crippen LogP contribution >= 0.6 is 0 Å². The lowest BCUT2D eigenvalue weighted by atomic mass is 9.94. The van der Waals surface area contributed by atoms with Crippen molar-refractivity contribution in [3.63, 3.8) is 0 Å². The van der Waals surface area contributed by atoms with Crippen LogP contribution in [0.25, 0.3) is 0 Å². The molecule has 1 aromatic heterocycles. The molecule has 3 aliphatic heterocycles. The minimum absolute atomic E-state index is 0.314. The summed E-state index contributed by atoms with van der Waals surface area (Å²) in [5.41, 5.74) is 4.70. The molecule has 2 aromatic rings. The van der Waals surface area contributed by atoms with Gasteiger partial charge in [-0.2, -0.15) is 0 Å². The average Bonchev–Trinajstić information content (AvgIpc) is 2.87. The molecule has 0 N–H and O–H groups in total. The van der Waals surface area contributed by atoms with Crippen LogP contribution in [0, 0.1) is 26.7 Å². The largest absolute Gasteiger partial charge is 0.361 e. The van der Waals surface area contributed by atoms with E-state index in [-0.39, 0.29) is 0 Å². The van der Waals surface area contributed by atoms with Crippen molar-refractivity contribution < 1.29 is 9.32 Å². The van der Waals surface area contributed by atoms with Gasteiger partial charge in [0.25, 0.3) is 0 Å². The zero-order valence-corrected chi connectivity index (χ0v) is 17.3. The predicted octanol–water partition coefficient (Wildman–Crippen LogP) is 3.66. The normalized spacial score (nSPS) is 22.5. The maximum absolute atomic E-state index is 13.0. The zero-order valence-electron chi connectivity index (χ0n) is 17.3. The van der Waals surface area contributed by atoms with Crippen LogP contribution in [0.2, 0.25) is 0 Å². The van der Waals surface area contributed by atoms with Gasteiger partial charge in [0.15, 0.2) is 0 Å². The number of carbonyl (C=O) groups is 1. The second-order valence-corrected chi connectivity index (χ2v) is 8.63. The summed E-state index contributed by atoms with van der Waals surface area (Å²) in [6.07, 6.45) is 3.79. The monoisotopic (exact) mass is 381 g/mol. The first-order valence-corrected chi connectivity index (χ1v) is 10.5. The first-order valence-electron chi connectivity index (χ1n) is 10.5. The quantitative estimate of drug-likeness (QED) is 0.793. The molecule has 3 saturated heterocycles. The summed E-state index contributed by atoms with van der Waals surface area (Å²) in [7, 11) is 0. The van der Waals surface area contributed by atoms with Gasteiger partial charge in [-0.05, 0) is 51.5 Å². The Labute approximate surface area is 167 Å². The van der Waals surface area contributed by atoms with Gasteiger partial charge in [0, 0.05) is 44.2 Å². The number of aryl methyl sites for hydroxylation is 4. The molecule has 3 aliphatic rings. The van der Waals surface area contributed by atoms with Gasteiger partial charge in [-0.15, -0.1) is 0 Å². The minimum atomic E-state index is 0.314. The first-order chi connectivity index (χ1) is 13.5. The van der Waals surface area contributed by atoms with Gasteiger partial charge in [0.2, 0.25) is 5.91 Å². The molecule has 0 spiro atoms. The van der Waals surface area contributed by atoms with Crippen LogP contribution in [0.5, 0.6) is 0 Å². The van der Waals surface area contributed by atoms with Crippen LogP contribution in [0.4, 0.5) is 0 Å². The van der Waals surface area contributed by atoms with Gasteiger partial charge >= 0.3 is 0 Å². The Hall–Kier alpha value is -2.14. The lowest BCUT2D eigenvalue weighted by molar-refractivity contribution is -0.135. The second kappa shape index (κ2) is 8.08. The van der Waals surface area contributed by atoms with Gasteiger partial charge in [0.05, 0.1) is 5.69 Å². The van der Waals surface area contributed by atoms with Crippen molar-refractivity contribution >= 4 is 5.91 Å². The topological polar surface area (TPSA) is 49.6 Å². The van der Waals surface area contributed by atoms with E-state index in [0.717, 1.165) is 50.5 Å². The van der Waals surface area contributed by atoms with E-state index in [9.17, 15) is 4.79 Å². The molecule has 5 rings (SSSR count). The molecular formula is C23H31N3O2. The fraction of sp³-hybridized carbons (Fsp3) is 0.565. The summed E-state index contributed by atoms with van der Waals surface area (Å²) in [4.78, 5) is 17.7. The van der Waals surface area contributed by atoms with Gasteiger partial charge in [-0.3, -0.25) is 9.69 Å². The SMILES string of the molecule is Cc1ccc(CCC(=O)N2C[C@H]3CC[C@@H]2CN(Cc2c(C)noc2C)C3)cc1. The number of carbonyl (C=O) groups excluding carboxylic acids is 1. The highest BCUT2D eigenvalue weighted by Crippen LogP contribution is 2.30. The maximum Gasteiger partial charge on any atom is 0.223 e. The second-order valence-electron chi connectivity index (χ2n) is 8.63. The third-order valence-corrected chi connectivity index (χ3v) is 6.42. The Morgan fingerprint density at radius 3 is 2.61 bits per heavy atom. The first kappa shape index (κ1) is 19.2. The number of benzene rings is 1. The molecule has 0 saturated carbocycles. The number of rotatable bonds is 5. The van der Waals surface area contributed by atoms with E-state index in [1.54, 1.807) is 0 Å². The molecule has 2 bridgehead atoms. The molecule has 4 heterocycles. The summed E-state index contributed by atoms with van der Waals surface area (Å²) in [5.74, 6) is 1.80. The lowest BCUT2D eigenvalue weighted by Gasteiger charge is -2.36. The van der Waals surface area contributed by atoms with Crippen LogP contribution in [0.15, 0.2) is 28.8 Å². The van der Waals surface area contributed by atoms with Gasteiger partial charge in [0.1, 0.15) is 5.76 Å². The number of hydrogen-bond donors (Lipinski definition) is 0. The molecule has 2 atom stereocenters. The summed E-state index contributed by atoms with van der Waals surface area (Å²) in [5, 5.41) is 4.09. The molecule has 0 unspecified atom stereocenters. The Balaban J connectivity index is 1.38. The van der Waals surface area contributed by atoms with E-state index in [2.05, 4.69) is 46.1 Å². The molecule has 1 aromatic carbocycles. The van der Waals surface area contributed by atoms with Crippen molar-refractivity contribution in [3.05, 3.63) is 52.4 Å². The van der Waals surface area contributed by atoms with E-state index < -0.39 is 0 Å². The van der Waals surface area contributed by atoms with Gasteiger partial charge < -0.3 is 9.42 Å². The molecule has 0 aliphatic carbocycles. The Bertz CT molecular complexity index is 807. The number of hydrogen-bond acceptors (Lipinski definition) is 4. The van der Waals surface area contributed by atoms with Gasteiger partial charge in [-0.1, -0.05) is 35.0 Å². The zero-order chi connectivity index (χ0) is 19.7. The summed E-state index contributed by atoms with van der Waals surface area (Å²) < 4.78 is 5.34. The maximum atomic E-state index is 13.0. The van der Waals surface area contributed by atoms with Crippen molar-refractivity contribution in [2.45, 2.75) is 59.0 Å². The van der Waals surface area contributed by atoms with Crippen molar-refractivity contribution in [2.75, 3.05) is 19.6 Å². The van der Waals surface area contributed by atoms with Crippen LogP contribution in [0.1, 0.15) is 47.4 Å². The third kappa shape index (κ3) is 4.14. The van der Waals surface area contributed by atoms with E-state index in [1.165, 1.54) is 23.1 Å². The Kier molecular flexibility index (Phi) is 5.54. The predicted molar refractivity (Wildman–Crippen MR) is 109 cm³/mol. The number of piperidine rings is 1. The summed E-state index contributed by atoms with van der Waals surface area (Å²) >= 11 is 0. The molecule has 0 radical (unpaired) electrons. The fourth-order valence-electron chi connectivity index (χ4n) is 4.71. The van der Waals surface area contributed by atoms with Crippen molar-refractivity contribution in [1.82, 2.24) is 15.0 Å². The van der Waals surface area contributed by atoms with Crippen LogP contribution < -0.4 is 0 Å². The van der Waals surface area contributed by atoms with E-state index >= 15 is 0 Å². The molecular weight excluding hydrogens is 350 g/mol. The minimum Gasteiger partial charge on any atom is -0.361 e. The number of nitrogens with zero attached hydrogens (tertiary/aromatic N) is 3. The highest BCUT2D eigenvalue weighted by atomic mass is 16.5. The summed E-state index contributed by atoms with van der Waals surface area (Å²) in [6, 6.07) is 8.87. The number of amides is 1. The molecule has 3 fully saturated rings. The van der Waals surface area contributed by atoms with Crippen molar-refractivity contribution in [2.24, 2.45) is 5.92 Å². The third-order valence-electron chi connectivity index (χ3n) is 6.42. The Morgan fingerprint density at radius 1 is 1.11 bits per heavy atom. The molecule has 28 heavy (non-hydrogen) atoms. The number of aromatic nitrogens is 1. The van der Waals surface area contributed by atoms with Crippen LogP contribution in [-0.2, 0) is 17.8 Å². The molecule has 150 valence electrons. The molecule has 5 nitrogen and oxygen atoms in total. The molecule has 1 amide bonds. The van der Waals surface area contributed by atoms with Crippen LogP contribution in [0.3, 0.4) is 0 Å². The lowest BCUT2D eigenvalue weighted by Crippen LogP contribution is -2.47. The Morgan fingerprint density at radius 2 is 1.89 bits per heavy atom. The number of fused-ring (bicyclic) bond motifs is 4. The van der Waals surface area contributed by atoms with E-state index in [1.807, 2.05) is 13.8 Å². The van der Waals surface area contributed by atoms with E-state index in [0.29, 0.717) is 24.3 Å². The van der Waals surface area contributed by atoms with Crippen LogP contribution in [-0.4, -0.2) is 46.5 Å². The average molecular weight is 382 g/mol. The van der Waals surface area contributed by atoms with Crippen molar-refractivity contribution in [3.8, 4) is 0 Å². The highest BCUT2D eigenvalue weighted by molar-refractivity contribution is 5.77. The highest BCUT2D eigenvalue weighted by Gasteiger charge is 2.37.